The summed E-state index contributed by atoms with van der Waals surface area (Å²) in [6, 6.07) is 17.5. The highest BCUT2D eigenvalue weighted by molar-refractivity contribution is 5.42. The molecule has 0 spiro atoms. The molecule has 3 rings (SSSR count). The highest BCUT2D eigenvalue weighted by Gasteiger charge is 2.31. The Kier molecular flexibility index (Phi) is 3.75. The summed E-state index contributed by atoms with van der Waals surface area (Å²) in [6.07, 6.45) is 1.07. The number of para-hydroxylation sites is 1. The van der Waals surface area contributed by atoms with Crippen molar-refractivity contribution in [2.24, 2.45) is 0 Å². The number of rotatable bonds is 4. The summed E-state index contributed by atoms with van der Waals surface area (Å²) in [7, 11) is 2.03. The second kappa shape index (κ2) is 5.68. The zero-order valence-corrected chi connectivity index (χ0v) is 12.1. The third-order valence-corrected chi connectivity index (χ3v) is 4.17. The standard InChI is InChI=1S/C18H21NO/c1-3-13-7-6-8-14(11-13)18(19-2)16-12-20-17-10-5-4-9-15(16)17/h4-11,16,18-19H,3,12H2,1-2H3. The zero-order valence-electron chi connectivity index (χ0n) is 12.1. The average Bonchev–Trinajstić information content (AvgIpc) is 2.93. The Bertz CT molecular complexity index is 593. The van der Waals surface area contributed by atoms with Crippen LogP contribution in [0.5, 0.6) is 5.75 Å². The number of likely N-dealkylation sites (N-methyl/N-ethyl adjacent to an activating group) is 1. The van der Waals surface area contributed by atoms with Crippen LogP contribution in [0.3, 0.4) is 0 Å². The molecule has 1 N–H and O–H groups in total. The largest absolute Gasteiger partial charge is 0.493 e. The van der Waals surface area contributed by atoms with Gasteiger partial charge in [-0.2, -0.15) is 0 Å². The normalized spacial score (nSPS) is 18.4. The summed E-state index contributed by atoms with van der Waals surface area (Å²) in [4.78, 5) is 0. The highest BCUT2D eigenvalue weighted by Crippen LogP contribution is 2.41. The van der Waals surface area contributed by atoms with Crippen LogP contribution in [0.25, 0.3) is 0 Å². The summed E-state index contributed by atoms with van der Waals surface area (Å²) in [5.41, 5.74) is 4.04. The van der Waals surface area contributed by atoms with Crippen molar-refractivity contribution < 1.29 is 4.74 Å². The van der Waals surface area contributed by atoms with Gasteiger partial charge >= 0.3 is 0 Å². The monoisotopic (exact) mass is 267 g/mol. The number of nitrogens with one attached hydrogen (secondary N) is 1. The molecule has 2 atom stereocenters. The fourth-order valence-electron chi connectivity index (χ4n) is 3.07. The van der Waals surface area contributed by atoms with Crippen LogP contribution >= 0.6 is 0 Å². The fourth-order valence-corrected chi connectivity index (χ4v) is 3.07. The molecule has 2 heteroatoms. The third kappa shape index (κ3) is 2.32. The van der Waals surface area contributed by atoms with Crippen LogP contribution < -0.4 is 10.1 Å². The zero-order chi connectivity index (χ0) is 13.9. The van der Waals surface area contributed by atoms with Gasteiger partial charge < -0.3 is 10.1 Å². The van der Waals surface area contributed by atoms with E-state index in [9.17, 15) is 0 Å². The lowest BCUT2D eigenvalue weighted by Gasteiger charge is -2.23. The molecular weight excluding hydrogens is 246 g/mol. The van der Waals surface area contributed by atoms with Crippen molar-refractivity contribution >= 4 is 0 Å². The number of fused-ring (bicyclic) bond motifs is 1. The molecule has 2 aromatic rings. The lowest BCUT2D eigenvalue weighted by Crippen LogP contribution is -2.25. The van der Waals surface area contributed by atoms with Crippen molar-refractivity contribution in [3.05, 3.63) is 65.2 Å². The Morgan fingerprint density at radius 2 is 2.05 bits per heavy atom. The fraction of sp³-hybridized carbons (Fsp3) is 0.333. The van der Waals surface area contributed by atoms with E-state index in [1.807, 2.05) is 13.1 Å². The molecule has 0 saturated heterocycles. The molecule has 0 fully saturated rings. The van der Waals surface area contributed by atoms with Crippen LogP contribution in [-0.2, 0) is 6.42 Å². The summed E-state index contributed by atoms with van der Waals surface area (Å²) >= 11 is 0. The van der Waals surface area contributed by atoms with Gasteiger partial charge in [-0.3, -0.25) is 0 Å². The van der Waals surface area contributed by atoms with Gasteiger partial charge in [-0.15, -0.1) is 0 Å². The first-order chi connectivity index (χ1) is 9.83. The van der Waals surface area contributed by atoms with Gasteiger partial charge in [0.25, 0.3) is 0 Å². The lowest BCUT2D eigenvalue weighted by molar-refractivity contribution is 0.304. The van der Waals surface area contributed by atoms with Crippen molar-refractivity contribution in [2.75, 3.05) is 13.7 Å². The molecule has 104 valence electrons. The van der Waals surface area contributed by atoms with Crippen LogP contribution in [-0.4, -0.2) is 13.7 Å². The quantitative estimate of drug-likeness (QED) is 0.912. The second-order valence-corrected chi connectivity index (χ2v) is 5.32. The summed E-state index contributed by atoms with van der Waals surface area (Å²) in [6.45, 7) is 2.95. The van der Waals surface area contributed by atoms with Crippen molar-refractivity contribution in [2.45, 2.75) is 25.3 Å². The Morgan fingerprint density at radius 3 is 2.85 bits per heavy atom. The summed E-state index contributed by atoms with van der Waals surface area (Å²) in [5.74, 6) is 1.41. The maximum Gasteiger partial charge on any atom is 0.122 e. The first kappa shape index (κ1) is 13.2. The van der Waals surface area contributed by atoms with Gasteiger partial charge in [-0.25, -0.2) is 0 Å². The summed E-state index contributed by atoms with van der Waals surface area (Å²) in [5, 5.41) is 3.47. The molecule has 1 heterocycles. The minimum Gasteiger partial charge on any atom is -0.493 e. The molecule has 0 amide bonds. The molecule has 0 aliphatic carbocycles. The SMILES string of the molecule is CCc1cccc(C(NC)C2COc3ccccc32)c1. The molecule has 20 heavy (non-hydrogen) atoms. The molecule has 1 aliphatic heterocycles. The predicted octanol–water partition coefficient (Wildman–Crippen LogP) is 3.69. The number of hydrogen-bond acceptors (Lipinski definition) is 2. The third-order valence-electron chi connectivity index (χ3n) is 4.17. The van der Waals surface area contributed by atoms with Gasteiger partial charge in [0.1, 0.15) is 5.75 Å². The van der Waals surface area contributed by atoms with Gasteiger partial charge in [0, 0.05) is 17.5 Å². The Balaban J connectivity index is 1.95. The van der Waals surface area contributed by atoms with Gasteiger partial charge in [0.15, 0.2) is 0 Å². The van der Waals surface area contributed by atoms with Crippen molar-refractivity contribution in [1.82, 2.24) is 5.32 Å². The number of ether oxygens (including phenoxy) is 1. The minimum atomic E-state index is 0.296. The van der Waals surface area contributed by atoms with Gasteiger partial charge in [-0.05, 0) is 30.7 Å². The lowest BCUT2D eigenvalue weighted by atomic mass is 9.88. The van der Waals surface area contributed by atoms with E-state index in [4.69, 9.17) is 4.74 Å². The molecule has 1 aliphatic rings. The van der Waals surface area contributed by atoms with Crippen LogP contribution in [0, 0.1) is 0 Å². The molecule has 0 saturated carbocycles. The minimum absolute atomic E-state index is 0.296. The average molecular weight is 267 g/mol. The summed E-state index contributed by atoms with van der Waals surface area (Å²) < 4.78 is 5.83. The predicted molar refractivity (Wildman–Crippen MR) is 82.3 cm³/mol. The van der Waals surface area contributed by atoms with E-state index in [0.717, 1.165) is 18.8 Å². The van der Waals surface area contributed by atoms with Crippen molar-refractivity contribution in [1.29, 1.82) is 0 Å². The Labute approximate surface area is 120 Å². The molecule has 0 aromatic heterocycles. The number of benzene rings is 2. The first-order valence-corrected chi connectivity index (χ1v) is 7.31. The number of aryl methyl sites for hydroxylation is 1. The van der Waals surface area contributed by atoms with E-state index >= 15 is 0 Å². The van der Waals surface area contributed by atoms with Gasteiger partial charge in [0.2, 0.25) is 0 Å². The molecular formula is C18H21NO. The van der Waals surface area contributed by atoms with Crippen LogP contribution in [0.4, 0.5) is 0 Å². The van der Waals surface area contributed by atoms with E-state index in [-0.39, 0.29) is 0 Å². The van der Waals surface area contributed by atoms with Crippen molar-refractivity contribution in [3.63, 3.8) is 0 Å². The first-order valence-electron chi connectivity index (χ1n) is 7.31. The molecule has 2 nitrogen and oxygen atoms in total. The van der Waals surface area contributed by atoms with Gasteiger partial charge in [-0.1, -0.05) is 49.4 Å². The molecule has 0 bridgehead atoms. The van der Waals surface area contributed by atoms with E-state index < -0.39 is 0 Å². The Morgan fingerprint density at radius 1 is 1.20 bits per heavy atom. The number of hydrogen-bond donors (Lipinski definition) is 1. The Hall–Kier alpha value is -1.80. The van der Waals surface area contributed by atoms with Crippen LogP contribution in [0.2, 0.25) is 0 Å². The van der Waals surface area contributed by atoms with E-state index in [1.165, 1.54) is 16.7 Å². The second-order valence-electron chi connectivity index (χ2n) is 5.32. The van der Waals surface area contributed by atoms with E-state index in [1.54, 1.807) is 0 Å². The van der Waals surface area contributed by atoms with Crippen molar-refractivity contribution in [3.8, 4) is 5.75 Å². The maximum absolute atomic E-state index is 5.83. The van der Waals surface area contributed by atoms with Crippen LogP contribution in [0.15, 0.2) is 48.5 Å². The molecule has 2 unspecified atom stereocenters. The maximum atomic E-state index is 5.83. The van der Waals surface area contributed by atoms with E-state index in [0.29, 0.717) is 12.0 Å². The molecule has 0 radical (unpaired) electrons. The smallest absolute Gasteiger partial charge is 0.122 e. The topological polar surface area (TPSA) is 21.3 Å². The highest BCUT2D eigenvalue weighted by atomic mass is 16.5. The van der Waals surface area contributed by atoms with E-state index in [2.05, 4.69) is 54.7 Å². The van der Waals surface area contributed by atoms with Gasteiger partial charge in [0.05, 0.1) is 6.61 Å². The molecule has 2 aromatic carbocycles. The van der Waals surface area contributed by atoms with Crippen LogP contribution in [0.1, 0.15) is 35.6 Å².